The molecule has 7 heteroatoms. The lowest BCUT2D eigenvalue weighted by Crippen LogP contribution is -2.38. The number of piperidine rings is 1. The van der Waals surface area contributed by atoms with Crippen LogP contribution in [0.25, 0.3) is 5.52 Å². The first-order chi connectivity index (χ1) is 13.4. The van der Waals surface area contributed by atoms with E-state index in [4.69, 9.17) is 0 Å². The summed E-state index contributed by atoms with van der Waals surface area (Å²) in [4.78, 5) is 19.6. The maximum Gasteiger partial charge on any atom is 0.275 e. The molecule has 6 nitrogen and oxygen atoms in total. The van der Waals surface area contributed by atoms with Gasteiger partial charge in [0, 0.05) is 19.0 Å². The minimum absolute atomic E-state index is 0.0241. The van der Waals surface area contributed by atoms with Crippen LogP contribution in [0, 0.1) is 6.92 Å². The van der Waals surface area contributed by atoms with Crippen LogP contribution in [0.1, 0.15) is 46.9 Å². The number of amides is 1. The van der Waals surface area contributed by atoms with E-state index >= 15 is 0 Å². The number of nitrogens with zero attached hydrogens (tertiary/aromatic N) is 3. The van der Waals surface area contributed by atoms with Gasteiger partial charge in [-0.15, -0.1) is 0 Å². The summed E-state index contributed by atoms with van der Waals surface area (Å²) >= 11 is 0. The molecule has 1 aliphatic heterocycles. The van der Waals surface area contributed by atoms with E-state index in [0.717, 1.165) is 31.1 Å². The van der Waals surface area contributed by atoms with E-state index in [1.54, 1.807) is 24.4 Å². The van der Waals surface area contributed by atoms with Crippen molar-refractivity contribution in [1.29, 1.82) is 0 Å². The van der Waals surface area contributed by atoms with Crippen LogP contribution in [0.4, 0.5) is 0 Å². The lowest BCUT2D eigenvalue weighted by Gasteiger charge is -2.35. The fourth-order valence-electron chi connectivity index (χ4n) is 3.87. The van der Waals surface area contributed by atoms with Crippen molar-refractivity contribution in [2.24, 2.45) is 0 Å². The number of aryl methyl sites for hydroxylation is 1. The number of hydrogen-bond donors (Lipinski definition) is 0. The third-order valence-corrected chi connectivity index (χ3v) is 6.23. The number of hydrogen-bond acceptors (Lipinski definition) is 4. The molecule has 1 aliphatic rings. The first-order valence-electron chi connectivity index (χ1n) is 9.41. The molecule has 1 amide bonds. The molecule has 0 spiro atoms. The molecule has 1 aromatic carbocycles. The topological polar surface area (TPSA) is 71.8 Å². The number of rotatable bonds is 3. The third kappa shape index (κ3) is 3.30. The molecule has 146 valence electrons. The number of fused-ring (bicyclic) bond motifs is 1. The third-order valence-electron chi connectivity index (χ3n) is 5.28. The molecule has 1 fully saturated rings. The quantitative estimate of drug-likeness (QED) is 0.679. The normalized spacial score (nSPS) is 17.8. The van der Waals surface area contributed by atoms with Crippen LogP contribution in [0.3, 0.4) is 0 Å². The molecule has 0 aliphatic carbocycles. The summed E-state index contributed by atoms with van der Waals surface area (Å²) in [5, 5.41) is -0.102. The zero-order chi connectivity index (χ0) is 19.9. The first kappa shape index (κ1) is 18.7. The van der Waals surface area contributed by atoms with Crippen LogP contribution in [0.15, 0.2) is 53.8 Å². The molecule has 0 bridgehead atoms. The van der Waals surface area contributed by atoms with Gasteiger partial charge in [0.15, 0.2) is 5.69 Å². The van der Waals surface area contributed by atoms with Crippen LogP contribution in [-0.2, 0) is 9.84 Å². The van der Waals surface area contributed by atoms with E-state index in [0.29, 0.717) is 12.1 Å². The highest BCUT2D eigenvalue weighted by molar-refractivity contribution is 7.90. The van der Waals surface area contributed by atoms with Gasteiger partial charge in [-0.05, 0) is 43.9 Å². The molecule has 3 aromatic rings. The largest absolute Gasteiger partial charge is 0.330 e. The van der Waals surface area contributed by atoms with Crippen molar-refractivity contribution in [3.05, 3.63) is 65.5 Å². The van der Waals surface area contributed by atoms with Gasteiger partial charge in [-0.1, -0.05) is 35.9 Å². The van der Waals surface area contributed by atoms with Crippen molar-refractivity contribution in [3.63, 3.8) is 0 Å². The van der Waals surface area contributed by atoms with Gasteiger partial charge < -0.3 is 4.90 Å². The maximum absolute atomic E-state index is 13.5. The Morgan fingerprint density at radius 2 is 1.86 bits per heavy atom. The Bertz CT molecular complexity index is 1130. The zero-order valence-corrected chi connectivity index (χ0v) is 16.8. The second-order valence-corrected chi connectivity index (χ2v) is 9.30. The Hall–Kier alpha value is -2.67. The molecule has 0 radical (unpaired) electrons. The van der Waals surface area contributed by atoms with Crippen molar-refractivity contribution in [3.8, 4) is 0 Å². The van der Waals surface area contributed by atoms with E-state index in [2.05, 4.69) is 29.2 Å². The molecule has 28 heavy (non-hydrogen) atoms. The van der Waals surface area contributed by atoms with Crippen molar-refractivity contribution in [1.82, 2.24) is 14.3 Å². The Balaban J connectivity index is 1.78. The minimum Gasteiger partial charge on any atom is -0.330 e. The summed E-state index contributed by atoms with van der Waals surface area (Å²) in [5.74, 6) is -0.219. The van der Waals surface area contributed by atoms with Crippen molar-refractivity contribution >= 4 is 21.3 Å². The Morgan fingerprint density at radius 3 is 2.57 bits per heavy atom. The summed E-state index contributed by atoms with van der Waals surface area (Å²) in [5.41, 5.74) is 2.99. The van der Waals surface area contributed by atoms with Crippen LogP contribution >= 0.6 is 0 Å². The number of aromatic nitrogens is 2. The summed E-state index contributed by atoms with van der Waals surface area (Å²) in [7, 11) is -3.56. The highest BCUT2D eigenvalue weighted by atomic mass is 32.2. The number of imidazole rings is 1. The average Bonchev–Trinajstić information content (AvgIpc) is 3.08. The lowest BCUT2D eigenvalue weighted by molar-refractivity contribution is 0.0607. The van der Waals surface area contributed by atoms with E-state index in [1.807, 2.05) is 11.8 Å². The molecule has 1 atom stereocenters. The highest BCUT2D eigenvalue weighted by Gasteiger charge is 2.32. The van der Waals surface area contributed by atoms with Crippen molar-refractivity contribution in [2.75, 3.05) is 12.8 Å². The van der Waals surface area contributed by atoms with Gasteiger partial charge in [-0.2, -0.15) is 0 Å². The van der Waals surface area contributed by atoms with Crippen LogP contribution in [0.2, 0.25) is 0 Å². The number of sulfone groups is 1. The molecule has 4 rings (SSSR count). The van der Waals surface area contributed by atoms with Gasteiger partial charge in [0.25, 0.3) is 5.91 Å². The summed E-state index contributed by atoms with van der Waals surface area (Å²) in [6.45, 7) is 2.68. The van der Waals surface area contributed by atoms with Crippen LogP contribution in [-0.4, -0.2) is 41.4 Å². The maximum atomic E-state index is 13.5. The Morgan fingerprint density at radius 1 is 1.11 bits per heavy atom. The van der Waals surface area contributed by atoms with E-state index in [9.17, 15) is 13.2 Å². The molecule has 3 heterocycles. The summed E-state index contributed by atoms with van der Waals surface area (Å²) in [6.07, 6.45) is 5.61. The van der Waals surface area contributed by atoms with Gasteiger partial charge in [0.1, 0.15) is 0 Å². The molecule has 0 unspecified atom stereocenters. The van der Waals surface area contributed by atoms with Gasteiger partial charge >= 0.3 is 0 Å². The molecular formula is C21H23N3O3S. The smallest absolute Gasteiger partial charge is 0.275 e. The summed E-state index contributed by atoms with van der Waals surface area (Å²) in [6, 6.07) is 13.5. The van der Waals surface area contributed by atoms with E-state index in [-0.39, 0.29) is 22.8 Å². The van der Waals surface area contributed by atoms with Gasteiger partial charge in [0.05, 0.1) is 11.6 Å². The molecule has 2 aromatic heterocycles. The molecule has 1 saturated heterocycles. The number of carbonyl (C=O) groups excluding carboxylic acids is 1. The number of benzene rings is 1. The first-order valence-corrected chi connectivity index (χ1v) is 11.3. The molecular weight excluding hydrogens is 374 g/mol. The van der Waals surface area contributed by atoms with Gasteiger partial charge in [0.2, 0.25) is 15.0 Å². The summed E-state index contributed by atoms with van der Waals surface area (Å²) < 4.78 is 25.8. The lowest BCUT2D eigenvalue weighted by atomic mass is 9.94. The second kappa shape index (κ2) is 7.05. The van der Waals surface area contributed by atoms with E-state index < -0.39 is 9.84 Å². The van der Waals surface area contributed by atoms with Crippen molar-refractivity contribution in [2.45, 2.75) is 37.4 Å². The van der Waals surface area contributed by atoms with Gasteiger partial charge in [-0.3, -0.25) is 9.20 Å². The second-order valence-electron chi connectivity index (χ2n) is 7.39. The monoisotopic (exact) mass is 397 g/mol. The Kier molecular flexibility index (Phi) is 4.71. The fraction of sp³-hybridized carbons (Fsp3) is 0.333. The zero-order valence-electron chi connectivity index (χ0n) is 16.0. The van der Waals surface area contributed by atoms with Crippen LogP contribution < -0.4 is 0 Å². The minimum atomic E-state index is -3.56. The van der Waals surface area contributed by atoms with Crippen molar-refractivity contribution < 1.29 is 13.2 Å². The number of pyridine rings is 1. The fourth-order valence-corrected chi connectivity index (χ4v) is 4.65. The molecule has 0 N–H and O–H groups in total. The standard InChI is InChI=1S/C21H23N3O3S/c1-15-9-11-16(12-10-15)17-7-3-5-13-23(17)20(25)19-18-8-4-6-14-24(18)21(22-19)28(2,26)27/h4,6,8-12,14,17H,3,5,7,13H2,1-2H3/t17-/m1/s1. The number of likely N-dealkylation sites (tertiary alicyclic amines) is 1. The molecule has 0 saturated carbocycles. The Labute approximate surface area is 164 Å². The average molecular weight is 398 g/mol. The SMILES string of the molecule is Cc1ccc([C@H]2CCCCN2C(=O)c2nc(S(C)(=O)=O)n3ccccc23)cc1. The predicted octanol–water partition coefficient (Wildman–Crippen LogP) is 3.41. The predicted molar refractivity (Wildman–Crippen MR) is 107 cm³/mol. The van der Waals surface area contributed by atoms with E-state index in [1.165, 1.54) is 9.96 Å². The van der Waals surface area contributed by atoms with Gasteiger partial charge in [-0.25, -0.2) is 13.4 Å². The van der Waals surface area contributed by atoms with Crippen LogP contribution in [0.5, 0.6) is 0 Å². The number of carbonyl (C=O) groups is 1. The highest BCUT2D eigenvalue weighted by Crippen LogP contribution is 2.33.